The average molecular weight is 145 g/mol. The predicted octanol–water partition coefficient (Wildman–Crippen LogP) is 2.49. The Bertz CT molecular complexity index is 79.3. The van der Waals surface area contributed by atoms with E-state index in [4.69, 9.17) is 4.74 Å². The van der Waals surface area contributed by atoms with Gasteiger partial charge in [-0.25, -0.2) is 0 Å². The molecule has 0 aromatic heterocycles. The van der Waals surface area contributed by atoms with E-state index in [0.29, 0.717) is 0 Å². The quantitative estimate of drug-likeness (QED) is 0.432. The molecule has 0 atom stereocenters. The molecular weight excluding hydrogens is 126 g/mol. The molecule has 2 heteroatoms. The summed E-state index contributed by atoms with van der Waals surface area (Å²) in [5.74, 6) is 0.787. The molecule has 10 heavy (non-hydrogen) atoms. The van der Waals surface area contributed by atoms with E-state index in [1.54, 1.807) is 0 Å². The molecule has 0 saturated carbocycles. The average Bonchev–Trinajstić information content (AvgIpc) is 1.93. The molecule has 0 heterocycles. The summed E-state index contributed by atoms with van der Waals surface area (Å²) >= 11 is 0. The van der Waals surface area contributed by atoms with Crippen molar-refractivity contribution in [1.29, 1.82) is 0 Å². The minimum absolute atomic E-state index is 0.718. The normalized spacial score (nSPS) is 9.90. The van der Waals surface area contributed by atoms with Crippen LogP contribution < -0.4 is 0 Å². The zero-order chi connectivity index (χ0) is 8.41. The first-order valence-electron chi connectivity index (χ1n) is 3.95. The van der Waals surface area contributed by atoms with Crippen LogP contribution in [-0.4, -0.2) is 19.0 Å². The van der Waals surface area contributed by atoms with Crippen molar-refractivity contribution in [2.75, 3.05) is 13.2 Å². The first-order valence-corrected chi connectivity index (χ1v) is 3.95. The number of ether oxygens (including phenoxy) is 1. The summed E-state index contributed by atoms with van der Waals surface area (Å²) in [5, 5.41) is 0. The molecule has 0 aliphatic heterocycles. The molecule has 0 amide bonds. The van der Waals surface area contributed by atoms with Gasteiger partial charge in [-0.05, 0) is 13.8 Å². The zero-order valence-corrected chi connectivity index (χ0v) is 7.77. The van der Waals surface area contributed by atoms with Gasteiger partial charge in [0.2, 0.25) is 0 Å². The summed E-state index contributed by atoms with van der Waals surface area (Å²) in [6.07, 6.45) is 0. The molecule has 0 fully saturated rings. The lowest BCUT2D eigenvalue weighted by molar-refractivity contribution is 0.323. The Labute approximate surface area is 64.3 Å². The molecule has 0 aliphatic rings. The van der Waals surface area contributed by atoms with Crippen LogP contribution in [0.4, 0.5) is 0 Å². The highest BCUT2D eigenvalue weighted by Crippen LogP contribution is 1.79. The van der Waals surface area contributed by atoms with Gasteiger partial charge >= 0.3 is 0 Å². The summed E-state index contributed by atoms with van der Waals surface area (Å²) in [7, 11) is 0. The molecule has 0 aromatic carbocycles. The molecule has 62 valence electrons. The third-order valence-corrected chi connectivity index (χ3v) is 0.734. The van der Waals surface area contributed by atoms with Crippen LogP contribution in [-0.2, 0) is 4.74 Å². The number of aliphatic imine (C=N–C) groups is 1. The molecule has 0 N–H and O–H groups in total. The van der Waals surface area contributed by atoms with Gasteiger partial charge in [0.05, 0.1) is 6.61 Å². The van der Waals surface area contributed by atoms with Crippen molar-refractivity contribution in [2.45, 2.75) is 34.6 Å². The third kappa shape index (κ3) is 10.5. The van der Waals surface area contributed by atoms with Crippen LogP contribution in [0.1, 0.15) is 34.6 Å². The van der Waals surface area contributed by atoms with E-state index in [9.17, 15) is 0 Å². The highest BCUT2D eigenvalue weighted by atomic mass is 16.5. The second kappa shape index (κ2) is 11.3. The lowest BCUT2D eigenvalue weighted by Gasteiger charge is -1.98. The summed E-state index contributed by atoms with van der Waals surface area (Å²) in [5.41, 5.74) is 0. The van der Waals surface area contributed by atoms with Gasteiger partial charge in [-0.15, -0.1) is 0 Å². The van der Waals surface area contributed by atoms with Gasteiger partial charge in [0.25, 0.3) is 0 Å². The second-order valence-corrected chi connectivity index (χ2v) is 1.43. The fourth-order valence-corrected chi connectivity index (χ4v) is 0.477. The minimum atomic E-state index is 0.718. The minimum Gasteiger partial charge on any atom is -0.481 e. The number of rotatable bonds is 2. The number of hydrogen-bond acceptors (Lipinski definition) is 2. The monoisotopic (exact) mass is 145 g/mol. The molecule has 0 unspecified atom stereocenters. The molecular formula is C8H19NO. The van der Waals surface area contributed by atoms with Crippen LogP contribution in [0.3, 0.4) is 0 Å². The molecule has 0 saturated heterocycles. The third-order valence-electron chi connectivity index (χ3n) is 0.734. The number of nitrogens with zero attached hydrogens (tertiary/aromatic N) is 1. The van der Waals surface area contributed by atoms with E-state index in [0.717, 1.165) is 19.0 Å². The van der Waals surface area contributed by atoms with Gasteiger partial charge in [0.1, 0.15) is 0 Å². The Kier molecular flexibility index (Phi) is 13.7. The molecule has 0 aliphatic carbocycles. The van der Waals surface area contributed by atoms with Crippen LogP contribution in [0.2, 0.25) is 0 Å². The van der Waals surface area contributed by atoms with Gasteiger partial charge in [-0.1, -0.05) is 13.8 Å². The van der Waals surface area contributed by atoms with Gasteiger partial charge in [0.15, 0.2) is 5.90 Å². The lowest BCUT2D eigenvalue weighted by atomic mass is 10.7. The Hall–Kier alpha value is -0.530. The summed E-state index contributed by atoms with van der Waals surface area (Å²) in [6, 6.07) is 0. The smallest absolute Gasteiger partial charge is 0.179 e. The van der Waals surface area contributed by atoms with E-state index in [-0.39, 0.29) is 0 Å². The highest BCUT2D eigenvalue weighted by Gasteiger charge is 1.82. The first-order chi connectivity index (χ1) is 4.81. The Morgan fingerprint density at radius 1 is 1.30 bits per heavy atom. The maximum absolute atomic E-state index is 5.03. The molecule has 2 nitrogen and oxygen atoms in total. The molecule has 0 aromatic rings. The van der Waals surface area contributed by atoms with E-state index >= 15 is 0 Å². The van der Waals surface area contributed by atoms with E-state index in [1.165, 1.54) is 0 Å². The molecule has 0 bridgehead atoms. The van der Waals surface area contributed by atoms with Crippen molar-refractivity contribution in [2.24, 2.45) is 4.99 Å². The van der Waals surface area contributed by atoms with Crippen molar-refractivity contribution in [1.82, 2.24) is 0 Å². The van der Waals surface area contributed by atoms with Gasteiger partial charge in [0, 0.05) is 13.5 Å². The maximum Gasteiger partial charge on any atom is 0.179 e. The second-order valence-electron chi connectivity index (χ2n) is 1.43. The molecule has 0 rings (SSSR count). The van der Waals surface area contributed by atoms with Crippen LogP contribution in [0.25, 0.3) is 0 Å². The summed E-state index contributed by atoms with van der Waals surface area (Å²) < 4.78 is 5.03. The van der Waals surface area contributed by atoms with Crippen molar-refractivity contribution in [3.63, 3.8) is 0 Å². The van der Waals surface area contributed by atoms with Crippen molar-refractivity contribution < 1.29 is 4.74 Å². The SMILES string of the molecule is CC.CCN=C(C)OCC. The zero-order valence-electron chi connectivity index (χ0n) is 7.77. The lowest BCUT2D eigenvalue weighted by Crippen LogP contribution is -1.98. The number of hydrogen-bond donors (Lipinski definition) is 0. The molecule has 0 radical (unpaired) electrons. The van der Waals surface area contributed by atoms with Crippen LogP contribution in [0.15, 0.2) is 4.99 Å². The largest absolute Gasteiger partial charge is 0.481 e. The fourth-order valence-electron chi connectivity index (χ4n) is 0.477. The molecule has 0 spiro atoms. The standard InChI is InChI=1S/C6H13NO.C2H6/c1-4-7-6(3)8-5-2;1-2/h4-5H2,1-3H3;1-2H3. The van der Waals surface area contributed by atoms with E-state index < -0.39 is 0 Å². The van der Waals surface area contributed by atoms with Gasteiger partial charge in [-0.2, -0.15) is 0 Å². The maximum atomic E-state index is 5.03. The Morgan fingerprint density at radius 2 is 1.80 bits per heavy atom. The van der Waals surface area contributed by atoms with E-state index in [1.807, 2.05) is 34.6 Å². The van der Waals surface area contributed by atoms with Gasteiger partial charge in [-0.3, -0.25) is 4.99 Å². The highest BCUT2D eigenvalue weighted by molar-refractivity contribution is 5.72. The Morgan fingerprint density at radius 3 is 2.10 bits per heavy atom. The summed E-state index contributed by atoms with van der Waals surface area (Å²) in [4.78, 5) is 4.01. The van der Waals surface area contributed by atoms with Crippen LogP contribution in [0.5, 0.6) is 0 Å². The van der Waals surface area contributed by atoms with Gasteiger partial charge < -0.3 is 4.74 Å². The van der Waals surface area contributed by atoms with E-state index in [2.05, 4.69) is 4.99 Å². The first kappa shape index (κ1) is 12.2. The summed E-state index contributed by atoms with van der Waals surface area (Å²) in [6.45, 7) is 11.3. The predicted molar refractivity (Wildman–Crippen MR) is 46.6 cm³/mol. The van der Waals surface area contributed by atoms with Crippen LogP contribution in [0, 0.1) is 0 Å². The van der Waals surface area contributed by atoms with Crippen molar-refractivity contribution in [3.8, 4) is 0 Å². The fraction of sp³-hybridized carbons (Fsp3) is 0.875. The van der Waals surface area contributed by atoms with Crippen molar-refractivity contribution in [3.05, 3.63) is 0 Å². The van der Waals surface area contributed by atoms with Crippen LogP contribution >= 0.6 is 0 Å². The topological polar surface area (TPSA) is 21.6 Å². The van der Waals surface area contributed by atoms with Crippen molar-refractivity contribution >= 4 is 5.90 Å². The Balaban J connectivity index is 0.